The quantitative estimate of drug-likeness (QED) is 0.726. The minimum absolute atomic E-state index is 0.162. The fourth-order valence-corrected chi connectivity index (χ4v) is 3.50. The van der Waals surface area contributed by atoms with Crippen LogP contribution in [0.3, 0.4) is 0 Å². The second kappa shape index (κ2) is 5.66. The van der Waals surface area contributed by atoms with Crippen molar-refractivity contribution in [3.8, 4) is 11.5 Å². The molecule has 1 heterocycles. The van der Waals surface area contributed by atoms with E-state index in [1.165, 1.54) is 5.56 Å². The third-order valence-corrected chi connectivity index (χ3v) is 5.05. The minimum atomic E-state index is 0.162. The molecule has 0 saturated heterocycles. The van der Waals surface area contributed by atoms with Gasteiger partial charge in [0.05, 0.1) is 18.7 Å². The van der Waals surface area contributed by atoms with Crippen molar-refractivity contribution in [3.05, 3.63) is 58.6 Å². The second-order valence-corrected chi connectivity index (χ2v) is 6.14. The standard InChI is InChI=1S/C16H14BrClO2/c1-19-15-7-6-10(8-13(15)18)16(17)12-9-20-14-5-3-2-4-11(12)14/h2-8,12,16H,9H2,1H3. The average Bonchev–Trinajstić information content (AvgIpc) is 2.90. The SMILES string of the molecule is COc1ccc(C(Br)C2COc3ccccc32)cc1Cl. The summed E-state index contributed by atoms with van der Waals surface area (Å²) in [6.45, 7) is 0.679. The van der Waals surface area contributed by atoms with Crippen LogP contribution in [0.25, 0.3) is 0 Å². The summed E-state index contributed by atoms with van der Waals surface area (Å²) in [5.41, 5.74) is 2.36. The van der Waals surface area contributed by atoms with Crippen LogP contribution in [0.2, 0.25) is 5.02 Å². The lowest BCUT2D eigenvalue weighted by molar-refractivity contribution is 0.329. The minimum Gasteiger partial charge on any atom is -0.495 e. The van der Waals surface area contributed by atoms with Crippen LogP contribution in [0.1, 0.15) is 21.9 Å². The molecule has 1 aliphatic heterocycles. The van der Waals surface area contributed by atoms with Crippen LogP contribution in [-0.2, 0) is 0 Å². The van der Waals surface area contributed by atoms with Crippen LogP contribution in [0.5, 0.6) is 11.5 Å². The predicted octanol–water partition coefficient (Wildman–Crippen LogP) is 4.96. The highest BCUT2D eigenvalue weighted by molar-refractivity contribution is 9.09. The van der Waals surface area contributed by atoms with Crippen molar-refractivity contribution < 1.29 is 9.47 Å². The molecule has 0 spiro atoms. The van der Waals surface area contributed by atoms with Crippen LogP contribution < -0.4 is 9.47 Å². The third-order valence-electron chi connectivity index (χ3n) is 3.58. The summed E-state index contributed by atoms with van der Waals surface area (Å²) in [6, 6.07) is 14.0. The van der Waals surface area contributed by atoms with Crippen molar-refractivity contribution >= 4 is 27.5 Å². The Labute approximate surface area is 131 Å². The van der Waals surface area contributed by atoms with E-state index in [1.807, 2.05) is 36.4 Å². The molecule has 2 unspecified atom stereocenters. The number of methoxy groups -OCH3 is 1. The number of benzene rings is 2. The van der Waals surface area contributed by atoms with Crippen molar-refractivity contribution in [2.75, 3.05) is 13.7 Å². The van der Waals surface area contributed by atoms with Gasteiger partial charge in [-0.05, 0) is 23.8 Å². The number of hydrogen-bond acceptors (Lipinski definition) is 2. The first-order chi connectivity index (χ1) is 9.70. The summed E-state index contributed by atoms with van der Waals surface area (Å²) in [6.07, 6.45) is 0. The van der Waals surface area contributed by atoms with Gasteiger partial charge in [-0.25, -0.2) is 0 Å². The molecule has 0 N–H and O–H groups in total. The average molecular weight is 354 g/mol. The lowest BCUT2D eigenvalue weighted by Gasteiger charge is -2.18. The van der Waals surface area contributed by atoms with Crippen molar-refractivity contribution in [2.24, 2.45) is 0 Å². The van der Waals surface area contributed by atoms with Gasteiger partial charge in [0.1, 0.15) is 11.5 Å². The molecule has 0 aromatic heterocycles. The van der Waals surface area contributed by atoms with Crippen LogP contribution >= 0.6 is 27.5 Å². The van der Waals surface area contributed by atoms with Crippen molar-refractivity contribution in [2.45, 2.75) is 10.7 Å². The van der Waals surface area contributed by atoms with Crippen LogP contribution in [0.4, 0.5) is 0 Å². The molecule has 1 aliphatic rings. The lowest BCUT2D eigenvalue weighted by atomic mass is 9.93. The fraction of sp³-hybridized carbons (Fsp3) is 0.250. The molecule has 0 amide bonds. The van der Waals surface area contributed by atoms with Crippen LogP contribution in [0, 0.1) is 0 Å². The topological polar surface area (TPSA) is 18.5 Å². The largest absolute Gasteiger partial charge is 0.495 e. The predicted molar refractivity (Wildman–Crippen MR) is 84.4 cm³/mol. The Morgan fingerprint density at radius 2 is 2.10 bits per heavy atom. The first-order valence-corrected chi connectivity index (χ1v) is 7.69. The maximum Gasteiger partial charge on any atom is 0.137 e. The van der Waals surface area contributed by atoms with E-state index in [2.05, 4.69) is 22.0 Å². The Hall–Kier alpha value is -1.19. The number of fused-ring (bicyclic) bond motifs is 1. The molecule has 3 rings (SSSR count). The molecule has 20 heavy (non-hydrogen) atoms. The smallest absolute Gasteiger partial charge is 0.137 e. The molecular weight excluding hydrogens is 340 g/mol. The van der Waals surface area contributed by atoms with E-state index in [-0.39, 0.29) is 10.7 Å². The van der Waals surface area contributed by atoms with E-state index in [0.717, 1.165) is 11.3 Å². The highest BCUT2D eigenvalue weighted by Crippen LogP contribution is 2.46. The normalized spacial score (nSPS) is 18.2. The summed E-state index contributed by atoms with van der Waals surface area (Å²) in [7, 11) is 1.62. The second-order valence-electron chi connectivity index (χ2n) is 4.75. The van der Waals surface area contributed by atoms with Crippen molar-refractivity contribution in [3.63, 3.8) is 0 Å². The zero-order valence-corrected chi connectivity index (χ0v) is 13.3. The molecule has 2 aromatic rings. The molecule has 2 aromatic carbocycles. The summed E-state index contributed by atoms with van der Waals surface area (Å²) >= 11 is 9.99. The number of ether oxygens (including phenoxy) is 2. The van der Waals surface area contributed by atoms with Gasteiger partial charge in [0.15, 0.2) is 0 Å². The molecule has 104 valence electrons. The Morgan fingerprint density at radius 3 is 2.85 bits per heavy atom. The van der Waals surface area contributed by atoms with E-state index in [0.29, 0.717) is 17.4 Å². The van der Waals surface area contributed by atoms with E-state index in [4.69, 9.17) is 21.1 Å². The molecule has 0 saturated carbocycles. The van der Waals surface area contributed by atoms with E-state index in [9.17, 15) is 0 Å². The molecule has 0 radical (unpaired) electrons. The zero-order chi connectivity index (χ0) is 14.1. The van der Waals surface area contributed by atoms with Crippen molar-refractivity contribution in [1.29, 1.82) is 0 Å². The molecule has 0 bridgehead atoms. The highest BCUT2D eigenvalue weighted by Gasteiger charge is 2.30. The third kappa shape index (κ3) is 2.40. The highest BCUT2D eigenvalue weighted by atomic mass is 79.9. The molecule has 4 heteroatoms. The van der Waals surface area contributed by atoms with Gasteiger partial charge < -0.3 is 9.47 Å². The van der Waals surface area contributed by atoms with E-state index >= 15 is 0 Å². The first kappa shape index (κ1) is 13.8. The molecule has 2 nitrogen and oxygen atoms in total. The summed E-state index contributed by atoms with van der Waals surface area (Å²) in [5, 5.41) is 0.627. The maximum absolute atomic E-state index is 6.20. The van der Waals surface area contributed by atoms with Gasteiger partial charge in [0.25, 0.3) is 0 Å². The Bertz CT molecular complexity index is 630. The Balaban J connectivity index is 1.90. The number of para-hydroxylation sites is 1. The van der Waals surface area contributed by atoms with Gasteiger partial charge >= 0.3 is 0 Å². The van der Waals surface area contributed by atoms with E-state index < -0.39 is 0 Å². The van der Waals surface area contributed by atoms with Gasteiger partial charge in [-0.2, -0.15) is 0 Å². The lowest BCUT2D eigenvalue weighted by Crippen LogP contribution is -2.07. The molecular formula is C16H14BrClO2. The monoisotopic (exact) mass is 352 g/mol. The Morgan fingerprint density at radius 1 is 1.30 bits per heavy atom. The number of halogens is 2. The number of hydrogen-bond donors (Lipinski definition) is 0. The van der Waals surface area contributed by atoms with Crippen LogP contribution in [0.15, 0.2) is 42.5 Å². The van der Waals surface area contributed by atoms with Gasteiger partial charge in [-0.3, -0.25) is 0 Å². The van der Waals surface area contributed by atoms with Gasteiger partial charge in [0, 0.05) is 16.3 Å². The van der Waals surface area contributed by atoms with E-state index in [1.54, 1.807) is 7.11 Å². The fourth-order valence-electron chi connectivity index (χ4n) is 2.52. The first-order valence-electron chi connectivity index (χ1n) is 6.40. The van der Waals surface area contributed by atoms with Crippen molar-refractivity contribution in [1.82, 2.24) is 0 Å². The summed E-state index contributed by atoms with van der Waals surface area (Å²) < 4.78 is 10.9. The maximum atomic E-state index is 6.20. The zero-order valence-electron chi connectivity index (χ0n) is 11.0. The van der Waals surface area contributed by atoms with Gasteiger partial charge in [-0.1, -0.05) is 51.8 Å². The summed E-state index contributed by atoms with van der Waals surface area (Å²) in [5.74, 6) is 1.95. The van der Waals surface area contributed by atoms with Crippen LogP contribution in [-0.4, -0.2) is 13.7 Å². The van der Waals surface area contributed by atoms with Gasteiger partial charge in [-0.15, -0.1) is 0 Å². The summed E-state index contributed by atoms with van der Waals surface area (Å²) in [4.78, 5) is 0.162. The molecule has 0 fully saturated rings. The van der Waals surface area contributed by atoms with Gasteiger partial charge in [0.2, 0.25) is 0 Å². The number of alkyl halides is 1. The Kier molecular flexibility index (Phi) is 3.90. The number of rotatable bonds is 3. The molecule has 0 aliphatic carbocycles. The molecule has 2 atom stereocenters.